The van der Waals surface area contributed by atoms with E-state index in [1.54, 1.807) is 0 Å². The van der Waals surface area contributed by atoms with Crippen molar-refractivity contribution in [3.05, 3.63) is 32.1 Å². The van der Waals surface area contributed by atoms with Crippen molar-refractivity contribution in [2.75, 3.05) is 6.61 Å². The normalized spacial score (nSPS) is 10.2. The van der Waals surface area contributed by atoms with Crippen LogP contribution in [0.4, 0.5) is 0 Å². The summed E-state index contributed by atoms with van der Waals surface area (Å²) in [7, 11) is 0. The Bertz CT molecular complexity index is 381. The fourth-order valence-corrected chi connectivity index (χ4v) is 1.06. The van der Waals surface area contributed by atoms with E-state index in [0.717, 1.165) is 10.6 Å². The number of aliphatic hydroxyl groups excluding tert-OH is 1. The summed E-state index contributed by atoms with van der Waals surface area (Å²) in [5, 5.41) is 8.55. The molecule has 0 aliphatic heterocycles. The molecule has 1 rings (SSSR count). The first-order valence-electron chi connectivity index (χ1n) is 3.25. The van der Waals surface area contributed by atoms with Crippen LogP contribution in [0.2, 0.25) is 5.15 Å². The van der Waals surface area contributed by atoms with E-state index >= 15 is 0 Å². The smallest absolute Gasteiger partial charge is 0.329 e. The third kappa shape index (κ3) is 1.75. The van der Waals surface area contributed by atoms with E-state index in [4.69, 9.17) is 16.7 Å². The summed E-state index contributed by atoms with van der Waals surface area (Å²) in [6.07, 6.45) is 0. The van der Waals surface area contributed by atoms with Gasteiger partial charge in [-0.3, -0.25) is 14.3 Å². The molecule has 6 heteroatoms. The Labute approximate surface area is 72.2 Å². The lowest BCUT2D eigenvalue weighted by atomic mass is 10.6. The van der Waals surface area contributed by atoms with Crippen LogP contribution >= 0.6 is 11.6 Å². The number of rotatable bonds is 2. The van der Waals surface area contributed by atoms with Gasteiger partial charge in [-0.05, 0) is 0 Å². The highest BCUT2D eigenvalue weighted by Crippen LogP contribution is 1.99. The molecule has 5 nitrogen and oxygen atoms in total. The summed E-state index contributed by atoms with van der Waals surface area (Å²) < 4.78 is 1.07. The third-order valence-corrected chi connectivity index (χ3v) is 1.62. The van der Waals surface area contributed by atoms with Gasteiger partial charge < -0.3 is 5.11 Å². The second kappa shape index (κ2) is 3.55. The van der Waals surface area contributed by atoms with E-state index in [1.807, 2.05) is 4.98 Å². The van der Waals surface area contributed by atoms with Crippen LogP contribution in [0.3, 0.4) is 0 Å². The van der Waals surface area contributed by atoms with Crippen molar-refractivity contribution >= 4 is 11.6 Å². The zero-order valence-corrected chi connectivity index (χ0v) is 6.84. The Morgan fingerprint density at radius 3 is 2.75 bits per heavy atom. The standard InChI is InChI=1S/C6H7ClN2O3/c7-4-3-5(11)8-6(12)9(4)1-2-10/h3,10H,1-2H2,(H,8,11,12). The minimum atomic E-state index is -0.610. The molecule has 0 fully saturated rings. The summed E-state index contributed by atoms with van der Waals surface area (Å²) >= 11 is 5.55. The van der Waals surface area contributed by atoms with Crippen LogP contribution in [0.25, 0.3) is 0 Å². The molecule has 0 amide bonds. The average Bonchev–Trinajstić information content (AvgIpc) is 1.96. The molecule has 0 saturated heterocycles. The van der Waals surface area contributed by atoms with E-state index in [0.29, 0.717) is 0 Å². The molecule has 0 atom stereocenters. The molecule has 0 aliphatic rings. The van der Waals surface area contributed by atoms with Gasteiger partial charge in [-0.15, -0.1) is 0 Å². The van der Waals surface area contributed by atoms with Crippen molar-refractivity contribution in [2.24, 2.45) is 0 Å². The molecular formula is C6H7ClN2O3. The third-order valence-electron chi connectivity index (χ3n) is 1.31. The second-order valence-corrected chi connectivity index (χ2v) is 2.52. The SMILES string of the molecule is O=c1cc(Cl)n(CCO)c(=O)[nH]1. The quantitative estimate of drug-likeness (QED) is 0.599. The van der Waals surface area contributed by atoms with Crippen LogP contribution in [-0.4, -0.2) is 21.3 Å². The van der Waals surface area contributed by atoms with Crippen molar-refractivity contribution in [1.29, 1.82) is 0 Å². The maximum Gasteiger partial charge on any atom is 0.329 e. The number of aliphatic hydroxyl groups is 1. The molecule has 0 saturated carbocycles. The van der Waals surface area contributed by atoms with E-state index in [-0.39, 0.29) is 18.3 Å². The predicted molar refractivity (Wildman–Crippen MR) is 43.4 cm³/mol. The second-order valence-electron chi connectivity index (χ2n) is 2.14. The molecule has 2 N–H and O–H groups in total. The minimum Gasteiger partial charge on any atom is -0.395 e. The molecular weight excluding hydrogens is 184 g/mol. The highest BCUT2D eigenvalue weighted by molar-refractivity contribution is 6.29. The zero-order valence-electron chi connectivity index (χ0n) is 6.08. The molecule has 1 aromatic rings. The molecule has 0 bridgehead atoms. The van der Waals surface area contributed by atoms with E-state index in [2.05, 4.69) is 0 Å². The van der Waals surface area contributed by atoms with E-state index < -0.39 is 11.2 Å². The number of hydrogen-bond acceptors (Lipinski definition) is 3. The molecule has 0 spiro atoms. The number of aromatic nitrogens is 2. The Morgan fingerprint density at radius 1 is 1.58 bits per heavy atom. The van der Waals surface area contributed by atoms with Crippen LogP contribution < -0.4 is 11.2 Å². The van der Waals surface area contributed by atoms with E-state index in [9.17, 15) is 9.59 Å². The van der Waals surface area contributed by atoms with Crippen molar-refractivity contribution in [3.8, 4) is 0 Å². The molecule has 0 radical (unpaired) electrons. The molecule has 0 unspecified atom stereocenters. The highest BCUT2D eigenvalue weighted by atomic mass is 35.5. The maximum absolute atomic E-state index is 11.0. The van der Waals surface area contributed by atoms with Gasteiger partial charge in [0.2, 0.25) is 0 Å². The van der Waals surface area contributed by atoms with E-state index in [1.165, 1.54) is 0 Å². The Morgan fingerprint density at radius 2 is 2.25 bits per heavy atom. The van der Waals surface area contributed by atoms with Crippen molar-refractivity contribution in [3.63, 3.8) is 0 Å². The Kier molecular flexibility index (Phi) is 2.67. The molecule has 1 aromatic heterocycles. The van der Waals surface area contributed by atoms with Gasteiger partial charge in [0, 0.05) is 6.07 Å². The molecule has 66 valence electrons. The fourth-order valence-electron chi connectivity index (χ4n) is 0.800. The lowest BCUT2D eigenvalue weighted by molar-refractivity contribution is 0.273. The lowest BCUT2D eigenvalue weighted by Crippen LogP contribution is -2.30. The first-order chi connectivity index (χ1) is 5.65. The van der Waals surface area contributed by atoms with Gasteiger partial charge in [0.25, 0.3) is 5.56 Å². The number of nitrogens with zero attached hydrogens (tertiary/aromatic N) is 1. The van der Waals surface area contributed by atoms with Crippen LogP contribution in [0.15, 0.2) is 15.7 Å². The van der Waals surface area contributed by atoms with Gasteiger partial charge in [-0.25, -0.2) is 4.79 Å². The number of hydrogen-bond donors (Lipinski definition) is 2. The molecule has 0 aromatic carbocycles. The molecule has 12 heavy (non-hydrogen) atoms. The monoisotopic (exact) mass is 190 g/mol. The summed E-state index contributed by atoms with van der Waals surface area (Å²) in [5.74, 6) is 0. The summed E-state index contributed by atoms with van der Waals surface area (Å²) in [6, 6.07) is 1.08. The summed E-state index contributed by atoms with van der Waals surface area (Å²) in [6.45, 7) is -0.125. The van der Waals surface area contributed by atoms with Gasteiger partial charge >= 0.3 is 5.69 Å². The minimum absolute atomic E-state index is 0.0257. The molecule has 0 aliphatic carbocycles. The topological polar surface area (TPSA) is 75.1 Å². The van der Waals surface area contributed by atoms with Crippen LogP contribution in [-0.2, 0) is 6.54 Å². The number of H-pyrrole nitrogens is 1. The molecule has 1 heterocycles. The zero-order chi connectivity index (χ0) is 9.14. The highest BCUT2D eigenvalue weighted by Gasteiger charge is 2.01. The van der Waals surface area contributed by atoms with Crippen LogP contribution in [0.5, 0.6) is 0 Å². The lowest BCUT2D eigenvalue weighted by Gasteiger charge is -2.03. The predicted octanol–water partition coefficient (Wildman–Crippen LogP) is -0.818. The Hall–Kier alpha value is -1.07. The Balaban J connectivity index is 3.29. The number of halogens is 1. The van der Waals surface area contributed by atoms with Gasteiger partial charge in [0.15, 0.2) is 0 Å². The van der Waals surface area contributed by atoms with Crippen molar-refractivity contribution < 1.29 is 5.11 Å². The average molecular weight is 191 g/mol. The maximum atomic E-state index is 11.0. The number of nitrogens with one attached hydrogen (secondary N) is 1. The van der Waals surface area contributed by atoms with Crippen molar-refractivity contribution in [1.82, 2.24) is 9.55 Å². The summed E-state index contributed by atoms with van der Waals surface area (Å²) in [4.78, 5) is 23.6. The van der Waals surface area contributed by atoms with Gasteiger partial charge in [0.1, 0.15) is 5.15 Å². The van der Waals surface area contributed by atoms with Gasteiger partial charge in [-0.2, -0.15) is 0 Å². The largest absolute Gasteiger partial charge is 0.395 e. The van der Waals surface area contributed by atoms with Crippen LogP contribution in [0, 0.1) is 0 Å². The van der Waals surface area contributed by atoms with Crippen LogP contribution in [0.1, 0.15) is 0 Å². The van der Waals surface area contributed by atoms with Crippen molar-refractivity contribution in [2.45, 2.75) is 6.54 Å². The number of aromatic amines is 1. The van der Waals surface area contributed by atoms with Gasteiger partial charge in [0.05, 0.1) is 13.2 Å². The first-order valence-corrected chi connectivity index (χ1v) is 3.63. The fraction of sp³-hybridized carbons (Fsp3) is 0.333. The van der Waals surface area contributed by atoms with Gasteiger partial charge in [-0.1, -0.05) is 11.6 Å². The first kappa shape index (κ1) is 9.02. The summed E-state index contributed by atoms with van der Waals surface area (Å²) in [5.41, 5.74) is -1.15.